The maximum absolute atomic E-state index is 12.4. The molecule has 0 bridgehead atoms. The molecule has 0 radical (unpaired) electrons. The molecule has 0 aromatic carbocycles. The summed E-state index contributed by atoms with van der Waals surface area (Å²) in [7, 11) is 0. The van der Waals surface area contributed by atoms with Crippen LogP contribution in [0.5, 0.6) is 0 Å². The maximum Gasteiger partial charge on any atom is 0.242 e. The molecule has 0 spiro atoms. The van der Waals surface area contributed by atoms with Crippen LogP contribution in [-0.2, 0) is 5.75 Å². The van der Waals surface area contributed by atoms with E-state index in [4.69, 9.17) is 4.52 Å². The van der Waals surface area contributed by atoms with Crippen LogP contribution in [-0.4, -0.2) is 27.4 Å². The third-order valence-corrected chi connectivity index (χ3v) is 4.09. The lowest BCUT2D eigenvalue weighted by molar-refractivity contribution is 0.0936. The first kappa shape index (κ1) is 16.5. The van der Waals surface area contributed by atoms with Crippen LogP contribution in [0.25, 0.3) is 0 Å². The Labute approximate surface area is 134 Å². The third-order valence-electron chi connectivity index (χ3n) is 3.15. The van der Waals surface area contributed by atoms with Crippen LogP contribution in [0.2, 0.25) is 0 Å². The number of hydrogen-bond donors (Lipinski definition) is 0. The highest BCUT2D eigenvalue weighted by Crippen LogP contribution is 2.19. The van der Waals surface area contributed by atoms with E-state index in [1.165, 1.54) is 0 Å². The quantitative estimate of drug-likeness (QED) is 0.850. The molecular weight excluding hydrogens is 298 g/mol. The lowest BCUT2D eigenvalue weighted by atomic mass is 10.2. The summed E-state index contributed by atoms with van der Waals surface area (Å²) >= 11 is 1.56. The molecule has 6 heteroatoms. The fraction of sp³-hybridized carbons (Fsp3) is 0.438. The number of carbonyl (C=O) groups is 1. The predicted octanol–water partition coefficient (Wildman–Crippen LogP) is 2.98. The highest BCUT2D eigenvalue weighted by atomic mass is 32.2. The number of nitrogens with zero attached hydrogens (tertiary/aromatic N) is 3. The monoisotopic (exact) mass is 319 g/mol. The normalized spacial score (nSPS) is 12.1. The van der Waals surface area contributed by atoms with E-state index in [9.17, 15) is 4.79 Å². The van der Waals surface area contributed by atoms with Crippen LogP contribution in [0.4, 0.5) is 0 Å². The van der Waals surface area contributed by atoms with Crippen molar-refractivity contribution < 1.29 is 9.32 Å². The first-order valence-corrected chi connectivity index (χ1v) is 8.38. The largest absolute Gasteiger partial charge is 0.361 e. The summed E-state index contributed by atoms with van der Waals surface area (Å²) in [6.45, 7) is 7.80. The standard InChI is InChI=1S/C16H21N3O2S/c1-11(2)17-15-7-5-6-8-19(15)16(20)10-22-9-14-12(3)18-21-13(14)4/h5-8,11H,9-10H2,1-4H3. The Morgan fingerprint density at radius 3 is 2.82 bits per heavy atom. The molecular formula is C16H21N3O2S. The molecule has 22 heavy (non-hydrogen) atoms. The van der Waals surface area contributed by atoms with Crippen molar-refractivity contribution in [1.82, 2.24) is 9.72 Å². The molecule has 0 unspecified atom stereocenters. The van der Waals surface area contributed by atoms with Crippen molar-refractivity contribution >= 4 is 17.7 Å². The Hall–Kier alpha value is -1.82. The van der Waals surface area contributed by atoms with E-state index in [-0.39, 0.29) is 11.9 Å². The van der Waals surface area contributed by atoms with E-state index < -0.39 is 0 Å². The van der Waals surface area contributed by atoms with Crippen molar-refractivity contribution in [3.05, 3.63) is 46.9 Å². The molecule has 118 valence electrons. The predicted molar refractivity (Wildman–Crippen MR) is 87.9 cm³/mol. The summed E-state index contributed by atoms with van der Waals surface area (Å²) in [5.74, 6) is 1.95. The highest BCUT2D eigenvalue weighted by molar-refractivity contribution is 7.99. The van der Waals surface area contributed by atoms with E-state index >= 15 is 0 Å². The second-order valence-electron chi connectivity index (χ2n) is 5.34. The van der Waals surface area contributed by atoms with Gasteiger partial charge in [-0.15, -0.1) is 11.8 Å². The van der Waals surface area contributed by atoms with Crippen molar-refractivity contribution in [2.24, 2.45) is 4.99 Å². The molecule has 0 saturated carbocycles. The average Bonchev–Trinajstić information content (AvgIpc) is 2.79. The minimum Gasteiger partial charge on any atom is -0.361 e. The van der Waals surface area contributed by atoms with Gasteiger partial charge in [-0.2, -0.15) is 0 Å². The zero-order valence-electron chi connectivity index (χ0n) is 13.4. The summed E-state index contributed by atoms with van der Waals surface area (Å²) in [6, 6.07) is 5.74. The molecule has 5 nitrogen and oxygen atoms in total. The molecule has 0 N–H and O–H groups in total. The van der Waals surface area contributed by atoms with E-state index in [2.05, 4.69) is 10.1 Å². The first-order valence-electron chi connectivity index (χ1n) is 7.23. The van der Waals surface area contributed by atoms with Gasteiger partial charge in [0.1, 0.15) is 11.2 Å². The van der Waals surface area contributed by atoms with E-state index in [0.717, 1.165) is 22.8 Å². The van der Waals surface area contributed by atoms with E-state index in [1.807, 2.05) is 45.9 Å². The molecule has 2 rings (SSSR count). The minimum atomic E-state index is 0.0248. The van der Waals surface area contributed by atoms with Gasteiger partial charge in [-0.05, 0) is 39.8 Å². The molecule has 2 heterocycles. The minimum absolute atomic E-state index is 0.0248. The lowest BCUT2D eigenvalue weighted by Crippen LogP contribution is -2.28. The van der Waals surface area contributed by atoms with Gasteiger partial charge in [-0.3, -0.25) is 14.4 Å². The topological polar surface area (TPSA) is 60.4 Å². The lowest BCUT2D eigenvalue weighted by Gasteiger charge is -2.07. The van der Waals surface area contributed by atoms with E-state index in [1.54, 1.807) is 22.5 Å². The van der Waals surface area contributed by atoms with Gasteiger partial charge < -0.3 is 4.52 Å². The summed E-state index contributed by atoms with van der Waals surface area (Å²) < 4.78 is 6.74. The zero-order valence-corrected chi connectivity index (χ0v) is 14.2. The molecule has 2 aromatic rings. The number of thioether (sulfide) groups is 1. The van der Waals surface area contributed by atoms with E-state index in [0.29, 0.717) is 11.2 Å². The maximum atomic E-state index is 12.4. The number of aromatic nitrogens is 2. The van der Waals surface area contributed by atoms with Gasteiger partial charge >= 0.3 is 0 Å². The second kappa shape index (κ2) is 7.45. The Balaban J connectivity index is 2.05. The van der Waals surface area contributed by atoms with Crippen LogP contribution in [0.15, 0.2) is 33.9 Å². The van der Waals surface area contributed by atoms with Gasteiger partial charge in [0.15, 0.2) is 0 Å². The van der Waals surface area contributed by atoms with Crippen LogP contribution in [0.1, 0.15) is 35.7 Å². The van der Waals surface area contributed by atoms with Crippen LogP contribution in [0.3, 0.4) is 0 Å². The fourth-order valence-corrected chi connectivity index (χ4v) is 3.06. The van der Waals surface area contributed by atoms with Crippen molar-refractivity contribution in [2.45, 2.75) is 39.5 Å². The molecule has 0 fully saturated rings. The number of aryl methyl sites for hydroxylation is 2. The molecule has 0 amide bonds. The smallest absolute Gasteiger partial charge is 0.242 e. The number of carbonyl (C=O) groups excluding carboxylic acids is 1. The Kier molecular flexibility index (Phi) is 5.60. The summed E-state index contributed by atoms with van der Waals surface area (Å²) in [5, 5.41) is 3.93. The van der Waals surface area contributed by atoms with Crippen molar-refractivity contribution in [2.75, 3.05) is 5.75 Å². The van der Waals surface area contributed by atoms with Gasteiger partial charge in [0.25, 0.3) is 0 Å². The summed E-state index contributed by atoms with van der Waals surface area (Å²) in [4.78, 5) is 16.9. The average molecular weight is 319 g/mol. The Morgan fingerprint density at radius 2 is 2.18 bits per heavy atom. The summed E-state index contributed by atoms with van der Waals surface area (Å²) in [6.07, 6.45) is 1.76. The first-order chi connectivity index (χ1) is 10.5. The Morgan fingerprint density at radius 1 is 1.41 bits per heavy atom. The molecule has 0 aliphatic heterocycles. The van der Waals surface area contributed by atoms with Crippen LogP contribution in [0, 0.1) is 13.8 Å². The molecule has 0 atom stereocenters. The van der Waals surface area contributed by atoms with Crippen molar-refractivity contribution in [3.63, 3.8) is 0 Å². The second-order valence-corrected chi connectivity index (χ2v) is 6.33. The van der Waals surface area contributed by atoms with Crippen molar-refractivity contribution in [1.29, 1.82) is 0 Å². The number of pyridine rings is 1. The highest BCUT2D eigenvalue weighted by Gasteiger charge is 2.11. The Bertz CT molecular complexity index is 697. The van der Waals surface area contributed by atoms with Gasteiger partial charge in [0.2, 0.25) is 5.91 Å². The fourth-order valence-electron chi connectivity index (χ4n) is 2.03. The van der Waals surface area contributed by atoms with Gasteiger partial charge in [0.05, 0.1) is 11.4 Å². The van der Waals surface area contributed by atoms with Crippen molar-refractivity contribution in [3.8, 4) is 0 Å². The SMILES string of the molecule is Cc1noc(C)c1CSCC(=O)n1ccccc1=NC(C)C. The summed E-state index contributed by atoms with van der Waals surface area (Å²) in [5.41, 5.74) is 2.66. The van der Waals surface area contributed by atoms with Gasteiger partial charge in [0, 0.05) is 23.6 Å². The zero-order chi connectivity index (χ0) is 16.1. The molecule has 0 aliphatic rings. The molecule has 0 aliphatic carbocycles. The third kappa shape index (κ3) is 4.10. The molecule has 0 saturated heterocycles. The van der Waals surface area contributed by atoms with Crippen LogP contribution >= 0.6 is 11.8 Å². The number of rotatable bonds is 5. The van der Waals surface area contributed by atoms with Crippen LogP contribution < -0.4 is 5.49 Å². The number of hydrogen-bond acceptors (Lipinski definition) is 5. The van der Waals surface area contributed by atoms with Gasteiger partial charge in [-0.25, -0.2) is 0 Å². The molecule has 2 aromatic heterocycles. The van der Waals surface area contributed by atoms with Gasteiger partial charge in [-0.1, -0.05) is 11.2 Å².